The number of hydrogen-bond donors (Lipinski definition) is 1. The molecule has 70 valence electrons. The zero-order valence-electron chi connectivity index (χ0n) is 7.81. The summed E-state index contributed by atoms with van der Waals surface area (Å²) in [5.74, 6) is 0.290. The maximum absolute atomic E-state index is 11.5. The highest BCUT2D eigenvalue weighted by Crippen LogP contribution is 2.38. The molecule has 1 aliphatic carbocycles. The van der Waals surface area contributed by atoms with Crippen LogP contribution in [0.15, 0.2) is 0 Å². The number of carbonyl (C=O) groups excluding carboxylic acids is 1. The minimum atomic E-state index is -0.337. The van der Waals surface area contributed by atoms with E-state index in [0.29, 0.717) is 12.2 Å². The summed E-state index contributed by atoms with van der Waals surface area (Å²) in [4.78, 5) is 11.5. The van der Waals surface area contributed by atoms with Gasteiger partial charge in [-0.25, -0.2) is 0 Å². The Hall–Kier alpha value is -0.370. The van der Waals surface area contributed by atoms with E-state index in [1.807, 2.05) is 0 Å². The smallest absolute Gasteiger partial charge is 0.141 e. The van der Waals surface area contributed by atoms with Gasteiger partial charge in [0.25, 0.3) is 0 Å². The van der Waals surface area contributed by atoms with Gasteiger partial charge < -0.3 is 5.11 Å². The van der Waals surface area contributed by atoms with Crippen LogP contribution in [0, 0.1) is 5.41 Å². The Balaban J connectivity index is 2.55. The van der Waals surface area contributed by atoms with Gasteiger partial charge in [0, 0.05) is 6.42 Å². The van der Waals surface area contributed by atoms with Gasteiger partial charge in [0.15, 0.2) is 0 Å². The van der Waals surface area contributed by atoms with Gasteiger partial charge in [0.05, 0.1) is 12.0 Å². The molecule has 2 heteroatoms. The van der Waals surface area contributed by atoms with Gasteiger partial charge in [-0.05, 0) is 19.3 Å². The van der Waals surface area contributed by atoms with Gasteiger partial charge in [0.2, 0.25) is 0 Å². The molecule has 1 atom stereocenters. The molecule has 0 heterocycles. The molecule has 1 N–H and O–H groups in total. The van der Waals surface area contributed by atoms with Crippen molar-refractivity contribution in [2.24, 2.45) is 5.41 Å². The van der Waals surface area contributed by atoms with E-state index in [9.17, 15) is 9.90 Å². The molecule has 12 heavy (non-hydrogen) atoms. The molecule has 0 aromatic carbocycles. The number of aliphatic hydroxyl groups is 1. The number of carbonyl (C=O) groups is 1. The Bertz CT molecular complexity index is 165. The van der Waals surface area contributed by atoms with E-state index >= 15 is 0 Å². The number of ketones is 1. The lowest BCUT2D eigenvalue weighted by Crippen LogP contribution is -2.29. The van der Waals surface area contributed by atoms with Gasteiger partial charge >= 0.3 is 0 Å². The normalized spacial score (nSPS) is 29.7. The van der Waals surface area contributed by atoms with Crippen molar-refractivity contribution in [1.29, 1.82) is 0 Å². The molecule has 0 unspecified atom stereocenters. The quantitative estimate of drug-likeness (QED) is 0.699. The molecule has 0 aliphatic heterocycles. The summed E-state index contributed by atoms with van der Waals surface area (Å²) in [5.41, 5.74) is -0.337. The molecule has 1 fully saturated rings. The van der Waals surface area contributed by atoms with E-state index in [1.165, 1.54) is 0 Å². The molecule has 0 aromatic rings. The highest BCUT2D eigenvalue weighted by molar-refractivity contribution is 5.86. The van der Waals surface area contributed by atoms with Crippen LogP contribution in [0.5, 0.6) is 0 Å². The SMILES string of the molecule is CCCC[C@@]1(CO)CCCC1=O. The van der Waals surface area contributed by atoms with Crippen molar-refractivity contribution in [3.05, 3.63) is 0 Å². The average Bonchev–Trinajstić information content (AvgIpc) is 2.45. The second kappa shape index (κ2) is 4.04. The highest BCUT2D eigenvalue weighted by atomic mass is 16.3. The van der Waals surface area contributed by atoms with Gasteiger partial charge in [-0.2, -0.15) is 0 Å². The summed E-state index contributed by atoms with van der Waals surface area (Å²) >= 11 is 0. The standard InChI is InChI=1S/C10H18O2/c1-2-3-6-10(8-11)7-4-5-9(10)12/h11H,2-8H2,1H3/t10-/m0/s1. The Morgan fingerprint density at radius 1 is 1.58 bits per heavy atom. The highest BCUT2D eigenvalue weighted by Gasteiger charge is 2.40. The van der Waals surface area contributed by atoms with Crippen LogP contribution in [0.2, 0.25) is 0 Å². The van der Waals surface area contributed by atoms with Crippen LogP contribution in [0.4, 0.5) is 0 Å². The Labute approximate surface area is 74.0 Å². The van der Waals surface area contributed by atoms with Crippen LogP contribution in [0.3, 0.4) is 0 Å². The first-order valence-corrected chi connectivity index (χ1v) is 4.89. The summed E-state index contributed by atoms with van der Waals surface area (Å²) in [7, 11) is 0. The molecule has 1 aliphatic rings. The van der Waals surface area contributed by atoms with E-state index in [0.717, 1.165) is 32.1 Å². The van der Waals surface area contributed by atoms with Crippen molar-refractivity contribution in [3.8, 4) is 0 Å². The number of hydrogen-bond acceptors (Lipinski definition) is 2. The second-order valence-corrected chi connectivity index (χ2v) is 3.82. The third-order valence-electron chi connectivity index (χ3n) is 2.96. The third kappa shape index (κ3) is 1.69. The first-order chi connectivity index (χ1) is 5.75. The second-order valence-electron chi connectivity index (χ2n) is 3.82. The molecule has 0 spiro atoms. The summed E-state index contributed by atoms with van der Waals surface area (Å²) in [6.07, 6.45) is 5.62. The molecule has 1 rings (SSSR count). The first-order valence-electron chi connectivity index (χ1n) is 4.89. The van der Waals surface area contributed by atoms with Crippen molar-refractivity contribution >= 4 is 5.78 Å². The van der Waals surface area contributed by atoms with Crippen LogP contribution >= 0.6 is 0 Å². The maximum atomic E-state index is 11.5. The lowest BCUT2D eigenvalue weighted by molar-refractivity contribution is -0.128. The van der Waals surface area contributed by atoms with Crippen LogP contribution in [0.1, 0.15) is 45.4 Å². The fraction of sp³-hybridized carbons (Fsp3) is 0.900. The maximum Gasteiger partial charge on any atom is 0.141 e. The minimum absolute atomic E-state index is 0.0613. The summed E-state index contributed by atoms with van der Waals surface area (Å²) < 4.78 is 0. The summed E-state index contributed by atoms with van der Waals surface area (Å²) in [5, 5.41) is 9.19. The first kappa shape index (κ1) is 9.72. The van der Waals surface area contributed by atoms with Crippen LogP contribution in [0.25, 0.3) is 0 Å². The molecule has 1 saturated carbocycles. The van der Waals surface area contributed by atoms with Gasteiger partial charge in [0.1, 0.15) is 5.78 Å². The van der Waals surface area contributed by atoms with Crippen LogP contribution < -0.4 is 0 Å². The lowest BCUT2D eigenvalue weighted by atomic mass is 9.81. The van der Waals surface area contributed by atoms with Crippen molar-refractivity contribution in [1.82, 2.24) is 0 Å². The van der Waals surface area contributed by atoms with Crippen LogP contribution in [-0.4, -0.2) is 17.5 Å². The Morgan fingerprint density at radius 2 is 2.33 bits per heavy atom. The monoisotopic (exact) mass is 170 g/mol. The van der Waals surface area contributed by atoms with Crippen molar-refractivity contribution in [2.45, 2.75) is 45.4 Å². The fourth-order valence-corrected chi connectivity index (χ4v) is 2.02. The Kier molecular flexibility index (Phi) is 3.27. The Morgan fingerprint density at radius 3 is 2.75 bits per heavy atom. The van der Waals surface area contributed by atoms with Crippen LogP contribution in [-0.2, 0) is 4.79 Å². The van der Waals surface area contributed by atoms with E-state index < -0.39 is 0 Å². The average molecular weight is 170 g/mol. The van der Waals surface area contributed by atoms with Crippen molar-refractivity contribution in [3.63, 3.8) is 0 Å². The van der Waals surface area contributed by atoms with Gasteiger partial charge in [-0.1, -0.05) is 19.8 Å². The third-order valence-corrected chi connectivity index (χ3v) is 2.96. The zero-order chi connectivity index (χ0) is 9.03. The lowest BCUT2D eigenvalue weighted by Gasteiger charge is -2.24. The fourth-order valence-electron chi connectivity index (χ4n) is 2.02. The molecule has 0 aromatic heterocycles. The molecule has 0 saturated heterocycles. The van der Waals surface area contributed by atoms with E-state index in [-0.39, 0.29) is 12.0 Å². The molecule has 0 bridgehead atoms. The predicted octanol–water partition coefficient (Wildman–Crippen LogP) is 1.91. The molecule has 2 nitrogen and oxygen atoms in total. The molecular weight excluding hydrogens is 152 g/mol. The van der Waals surface area contributed by atoms with E-state index in [2.05, 4.69) is 6.92 Å². The van der Waals surface area contributed by atoms with Crippen molar-refractivity contribution < 1.29 is 9.90 Å². The summed E-state index contributed by atoms with van der Waals surface area (Å²) in [6.45, 7) is 2.18. The van der Waals surface area contributed by atoms with E-state index in [4.69, 9.17) is 0 Å². The largest absolute Gasteiger partial charge is 0.395 e. The van der Waals surface area contributed by atoms with Gasteiger partial charge in [-0.3, -0.25) is 4.79 Å². The summed E-state index contributed by atoms with van der Waals surface area (Å²) in [6, 6.07) is 0. The van der Waals surface area contributed by atoms with E-state index in [1.54, 1.807) is 0 Å². The predicted molar refractivity (Wildman–Crippen MR) is 47.9 cm³/mol. The number of rotatable bonds is 4. The number of Topliss-reactive ketones (excluding diaryl/α,β-unsaturated/α-hetero) is 1. The topological polar surface area (TPSA) is 37.3 Å². The van der Waals surface area contributed by atoms with Crippen molar-refractivity contribution in [2.75, 3.05) is 6.61 Å². The van der Waals surface area contributed by atoms with Gasteiger partial charge in [-0.15, -0.1) is 0 Å². The minimum Gasteiger partial charge on any atom is -0.395 e. The molecular formula is C10H18O2. The number of unbranched alkanes of at least 4 members (excludes halogenated alkanes) is 1. The molecule has 0 radical (unpaired) electrons. The molecule has 0 amide bonds. The number of aliphatic hydroxyl groups excluding tert-OH is 1. The zero-order valence-corrected chi connectivity index (χ0v) is 7.81.